The van der Waals surface area contributed by atoms with Gasteiger partial charge in [-0.25, -0.2) is 4.98 Å². The van der Waals surface area contributed by atoms with E-state index in [9.17, 15) is 0 Å². The van der Waals surface area contributed by atoms with E-state index in [1.165, 1.54) is 0 Å². The SMILES string of the molecule is Cc1cc(OC(C)C)nc(NC(C)(C)CCN)n1. The molecule has 0 unspecified atom stereocenters. The second-order valence-corrected chi connectivity index (χ2v) is 5.39. The molecule has 1 heterocycles. The summed E-state index contributed by atoms with van der Waals surface area (Å²) < 4.78 is 5.59. The van der Waals surface area contributed by atoms with Gasteiger partial charge in [0.1, 0.15) is 0 Å². The van der Waals surface area contributed by atoms with Gasteiger partial charge in [-0.3, -0.25) is 0 Å². The number of ether oxygens (including phenoxy) is 1. The summed E-state index contributed by atoms with van der Waals surface area (Å²) in [5, 5.41) is 3.29. The Bertz CT molecular complexity index is 391. The maximum atomic E-state index is 5.59. The topological polar surface area (TPSA) is 73.1 Å². The van der Waals surface area contributed by atoms with Crippen molar-refractivity contribution in [1.29, 1.82) is 0 Å². The Balaban J connectivity index is 2.85. The molecule has 0 atom stereocenters. The van der Waals surface area contributed by atoms with Crippen molar-refractivity contribution in [3.05, 3.63) is 11.8 Å². The fraction of sp³-hybridized carbons (Fsp3) is 0.692. The predicted octanol–water partition coefficient (Wildman–Crippen LogP) is 2.11. The molecule has 0 aromatic carbocycles. The van der Waals surface area contributed by atoms with E-state index in [2.05, 4.69) is 29.1 Å². The molecule has 5 nitrogen and oxygen atoms in total. The largest absolute Gasteiger partial charge is 0.475 e. The highest BCUT2D eigenvalue weighted by atomic mass is 16.5. The minimum Gasteiger partial charge on any atom is -0.475 e. The molecule has 1 rings (SSSR count). The van der Waals surface area contributed by atoms with Crippen molar-refractivity contribution in [2.75, 3.05) is 11.9 Å². The van der Waals surface area contributed by atoms with Crippen LogP contribution in [0.15, 0.2) is 6.07 Å². The number of nitrogens with zero attached hydrogens (tertiary/aromatic N) is 2. The highest BCUT2D eigenvalue weighted by Gasteiger charge is 2.18. The van der Waals surface area contributed by atoms with Gasteiger partial charge in [0.2, 0.25) is 11.8 Å². The van der Waals surface area contributed by atoms with Crippen LogP contribution in [0.4, 0.5) is 5.95 Å². The van der Waals surface area contributed by atoms with Crippen LogP contribution < -0.4 is 15.8 Å². The van der Waals surface area contributed by atoms with Crippen LogP contribution in [0.3, 0.4) is 0 Å². The Labute approximate surface area is 109 Å². The number of rotatable bonds is 6. The van der Waals surface area contributed by atoms with E-state index in [1.54, 1.807) is 0 Å². The smallest absolute Gasteiger partial charge is 0.226 e. The van der Waals surface area contributed by atoms with Crippen LogP contribution in [0.25, 0.3) is 0 Å². The van der Waals surface area contributed by atoms with Crippen LogP contribution in [0.1, 0.15) is 39.8 Å². The Morgan fingerprint density at radius 3 is 2.61 bits per heavy atom. The zero-order valence-electron chi connectivity index (χ0n) is 11.9. The number of anilines is 1. The fourth-order valence-electron chi connectivity index (χ4n) is 1.62. The highest BCUT2D eigenvalue weighted by molar-refractivity contribution is 5.33. The average molecular weight is 252 g/mol. The standard InChI is InChI=1S/C13H24N4O/c1-9(2)18-11-8-10(3)15-12(16-11)17-13(4,5)6-7-14/h8-9H,6-7,14H2,1-5H3,(H,15,16,17). The van der Waals surface area contributed by atoms with E-state index in [0.717, 1.165) is 12.1 Å². The molecule has 0 radical (unpaired) electrons. The van der Waals surface area contributed by atoms with Gasteiger partial charge in [0.25, 0.3) is 0 Å². The lowest BCUT2D eigenvalue weighted by molar-refractivity contribution is 0.232. The molecule has 0 aliphatic heterocycles. The summed E-state index contributed by atoms with van der Waals surface area (Å²) >= 11 is 0. The normalized spacial score (nSPS) is 11.7. The van der Waals surface area contributed by atoms with Crippen LogP contribution in [0.5, 0.6) is 5.88 Å². The maximum Gasteiger partial charge on any atom is 0.226 e. The van der Waals surface area contributed by atoms with E-state index < -0.39 is 0 Å². The summed E-state index contributed by atoms with van der Waals surface area (Å²) in [6, 6.07) is 1.83. The molecule has 3 N–H and O–H groups in total. The third-order valence-corrected chi connectivity index (χ3v) is 2.41. The molecule has 0 amide bonds. The number of aromatic nitrogens is 2. The third-order valence-electron chi connectivity index (χ3n) is 2.41. The monoisotopic (exact) mass is 252 g/mol. The third kappa shape index (κ3) is 4.87. The molecule has 5 heteroatoms. The summed E-state index contributed by atoms with van der Waals surface area (Å²) in [5.74, 6) is 1.19. The zero-order valence-corrected chi connectivity index (χ0v) is 11.9. The van der Waals surface area contributed by atoms with Crippen molar-refractivity contribution in [3.8, 4) is 5.88 Å². The number of hydrogen-bond acceptors (Lipinski definition) is 5. The molecule has 0 saturated heterocycles. The van der Waals surface area contributed by atoms with Crippen molar-refractivity contribution in [3.63, 3.8) is 0 Å². The lowest BCUT2D eigenvalue weighted by Crippen LogP contribution is -2.34. The molecule has 1 aromatic heterocycles. The molecule has 102 valence electrons. The minimum absolute atomic E-state index is 0.101. The first kappa shape index (κ1) is 14.7. The first-order valence-corrected chi connectivity index (χ1v) is 6.33. The number of aryl methyl sites for hydroxylation is 1. The van der Waals surface area contributed by atoms with Gasteiger partial charge in [0.05, 0.1) is 6.10 Å². The van der Waals surface area contributed by atoms with E-state index in [-0.39, 0.29) is 11.6 Å². The lowest BCUT2D eigenvalue weighted by Gasteiger charge is -2.25. The summed E-state index contributed by atoms with van der Waals surface area (Å²) in [5.41, 5.74) is 6.34. The van der Waals surface area contributed by atoms with Gasteiger partial charge in [-0.05, 0) is 47.6 Å². The van der Waals surface area contributed by atoms with Gasteiger partial charge in [-0.1, -0.05) is 0 Å². The van der Waals surface area contributed by atoms with Crippen molar-refractivity contribution in [2.24, 2.45) is 5.73 Å². The van der Waals surface area contributed by atoms with E-state index in [1.807, 2.05) is 26.8 Å². The Morgan fingerprint density at radius 2 is 2.06 bits per heavy atom. The van der Waals surface area contributed by atoms with Crippen LogP contribution in [-0.4, -0.2) is 28.2 Å². The van der Waals surface area contributed by atoms with Crippen molar-refractivity contribution in [1.82, 2.24) is 9.97 Å². The molecule has 0 aliphatic carbocycles. The molecule has 0 saturated carbocycles. The van der Waals surface area contributed by atoms with Crippen LogP contribution in [0.2, 0.25) is 0 Å². The number of hydrogen-bond donors (Lipinski definition) is 2. The summed E-state index contributed by atoms with van der Waals surface area (Å²) in [6.07, 6.45) is 0.953. The first-order chi connectivity index (χ1) is 8.32. The molecule has 0 fully saturated rings. The van der Waals surface area contributed by atoms with Gasteiger partial charge >= 0.3 is 0 Å². The highest BCUT2D eigenvalue weighted by Crippen LogP contribution is 2.18. The summed E-state index contributed by atoms with van der Waals surface area (Å²) in [7, 11) is 0. The molecular weight excluding hydrogens is 228 g/mol. The van der Waals surface area contributed by atoms with Crippen LogP contribution >= 0.6 is 0 Å². The van der Waals surface area contributed by atoms with Crippen molar-refractivity contribution >= 4 is 5.95 Å². The van der Waals surface area contributed by atoms with E-state index in [4.69, 9.17) is 10.5 Å². The van der Waals surface area contributed by atoms with Gasteiger partial charge in [0, 0.05) is 17.3 Å². The maximum absolute atomic E-state index is 5.59. The predicted molar refractivity (Wildman–Crippen MR) is 73.9 cm³/mol. The molecule has 0 spiro atoms. The van der Waals surface area contributed by atoms with Gasteiger partial charge in [0.15, 0.2) is 0 Å². The molecular formula is C13H24N4O. The van der Waals surface area contributed by atoms with Gasteiger partial charge < -0.3 is 15.8 Å². The second kappa shape index (κ2) is 6.00. The summed E-state index contributed by atoms with van der Waals surface area (Å²) in [4.78, 5) is 8.72. The zero-order chi connectivity index (χ0) is 13.8. The molecule has 0 aliphatic rings. The second-order valence-electron chi connectivity index (χ2n) is 5.39. The van der Waals surface area contributed by atoms with E-state index in [0.29, 0.717) is 18.4 Å². The van der Waals surface area contributed by atoms with Crippen LogP contribution in [-0.2, 0) is 0 Å². The fourth-order valence-corrected chi connectivity index (χ4v) is 1.62. The Morgan fingerprint density at radius 1 is 1.39 bits per heavy atom. The minimum atomic E-state index is -0.127. The van der Waals surface area contributed by atoms with Crippen LogP contribution in [0, 0.1) is 6.92 Å². The molecule has 18 heavy (non-hydrogen) atoms. The Kier molecular flexibility index (Phi) is 4.90. The lowest BCUT2D eigenvalue weighted by atomic mass is 10.0. The van der Waals surface area contributed by atoms with E-state index >= 15 is 0 Å². The quantitative estimate of drug-likeness (QED) is 0.811. The first-order valence-electron chi connectivity index (χ1n) is 6.33. The summed E-state index contributed by atoms with van der Waals surface area (Å²) in [6.45, 7) is 10.7. The number of nitrogens with one attached hydrogen (secondary N) is 1. The Hall–Kier alpha value is -1.36. The average Bonchev–Trinajstić information content (AvgIpc) is 2.13. The molecule has 1 aromatic rings. The molecule has 0 bridgehead atoms. The van der Waals surface area contributed by atoms with Gasteiger partial charge in [-0.15, -0.1) is 0 Å². The van der Waals surface area contributed by atoms with Crippen molar-refractivity contribution < 1.29 is 4.74 Å². The van der Waals surface area contributed by atoms with Gasteiger partial charge in [-0.2, -0.15) is 4.98 Å². The van der Waals surface area contributed by atoms with Crippen molar-refractivity contribution in [2.45, 2.75) is 52.7 Å². The number of nitrogens with two attached hydrogens (primary N) is 1.